The SMILES string of the molecule is CCCC(C)(C)CCCCOCCCCC(C)(C)CCS(N)(=O)=O. The molecule has 0 bridgehead atoms. The zero-order valence-corrected chi connectivity index (χ0v) is 17.5. The molecule has 0 saturated carbocycles. The van der Waals surface area contributed by atoms with Crippen molar-refractivity contribution in [2.75, 3.05) is 19.0 Å². The Labute approximate surface area is 151 Å². The van der Waals surface area contributed by atoms with Crippen LogP contribution in [0.3, 0.4) is 0 Å². The maximum absolute atomic E-state index is 11.0. The van der Waals surface area contributed by atoms with Crippen molar-refractivity contribution in [2.45, 2.75) is 92.4 Å². The van der Waals surface area contributed by atoms with Gasteiger partial charge in [-0.3, -0.25) is 0 Å². The molecule has 0 heterocycles. The molecule has 0 saturated heterocycles. The number of hydrogen-bond acceptors (Lipinski definition) is 3. The fourth-order valence-corrected chi connectivity index (χ4v) is 3.90. The third-order valence-electron chi connectivity index (χ3n) is 4.77. The van der Waals surface area contributed by atoms with E-state index in [1.54, 1.807) is 0 Å². The van der Waals surface area contributed by atoms with Gasteiger partial charge in [-0.25, -0.2) is 13.6 Å². The van der Waals surface area contributed by atoms with Gasteiger partial charge in [0, 0.05) is 13.2 Å². The van der Waals surface area contributed by atoms with E-state index in [-0.39, 0.29) is 11.2 Å². The lowest BCUT2D eigenvalue weighted by atomic mass is 9.83. The number of ether oxygens (including phenoxy) is 1. The van der Waals surface area contributed by atoms with Crippen molar-refractivity contribution >= 4 is 10.0 Å². The number of hydrogen-bond donors (Lipinski definition) is 1. The zero-order valence-electron chi connectivity index (χ0n) is 16.7. The van der Waals surface area contributed by atoms with Gasteiger partial charge in [-0.1, -0.05) is 53.9 Å². The molecule has 146 valence electrons. The summed E-state index contributed by atoms with van der Waals surface area (Å²) in [4.78, 5) is 0. The minimum Gasteiger partial charge on any atom is -0.381 e. The molecule has 4 nitrogen and oxygen atoms in total. The molecule has 2 N–H and O–H groups in total. The Morgan fingerprint density at radius 3 is 1.67 bits per heavy atom. The van der Waals surface area contributed by atoms with Crippen LogP contribution < -0.4 is 5.14 Å². The van der Waals surface area contributed by atoms with Crippen LogP contribution in [0.4, 0.5) is 0 Å². The molecule has 0 atom stereocenters. The van der Waals surface area contributed by atoms with Gasteiger partial charge in [0.25, 0.3) is 0 Å². The fourth-order valence-electron chi connectivity index (χ4n) is 3.06. The molecule has 0 aliphatic heterocycles. The van der Waals surface area contributed by atoms with Gasteiger partial charge in [0.15, 0.2) is 0 Å². The van der Waals surface area contributed by atoms with Gasteiger partial charge < -0.3 is 4.74 Å². The van der Waals surface area contributed by atoms with Crippen molar-refractivity contribution in [3.05, 3.63) is 0 Å². The standard InChI is InChI=1S/C19H41NO3S/c1-6-11-18(2,3)12-7-9-15-23-16-10-8-13-19(4,5)14-17-24(20,21)22/h6-17H2,1-5H3,(H2,20,21,22). The van der Waals surface area contributed by atoms with Gasteiger partial charge in [-0.05, 0) is 49.4 Å². The molecule has 5 heteroatoms. The number of sulfonamides is 1. The first kappa shape index (κ1) is 23.9. The Balaban J connectivity index is 3.57. The summed E-state index contributed by atoms with van der Waals surface area (Å²) in [6, 6.07) is 0. The summed E-state index contributed by atoms with van der Waals surface area (Å²) in [5.74, 6) is 0.0743. The van der Waals surface area contributed by atoms with Gasteiger partial charge in [0.2, 0.25) is 10.0 Å². The Hall–Kier alpha value is -0.130. The maximum Gasteiger partial charge on any atom is 0.209 e. The highest BCUT2D eigenvalue weighted by Gasteiger charge is 2.19. The lowest BCUT2D eigenvalue weighted by Gasteiger charge is -2.24. The summed E-state index contributed by atoms with van der Waals surface area (Å²) >= 11 is 0. The fraction of sp³-hybridized carbons (Fsp3) is 1.00. The van der Waals surface area contributed by atoms with Gasteiger partial charge in [-0.2, -0.15) is 0 Å². The van der Waals surface area contributed by atoms with Crippen molar-refractivity contribution in [2.24, 2.45) is 16.0 Å². The van der Waals surface area contributed by atoms with Crippen LogP contribution in [0.2, 0.25) is 0 Å². The van der Waals surface area contributed by atoms with E-state index in [1.165, 1.54) is 25.7 Å². The Kier molecular flexibility index (Phi) is 11.4. The number of unbranched alkanes of at least 4 members (excludes halogenated alkanes) is 2. The van der Waals surface area contributed by atoms with E-state index in [2.05, 4.69) is 34.6 Å². The second-order valence-electron chi connectivity index (χ2n) is 8.72. The Morgan fingerprint density at radius 2 is 1.25 bits per heavy atom. The monoisotopic (exact) mass is 363 g/mol. The van der Waals surface area contributed by atoms with Crippen LogP contribution in [0, 0.1) is 10.8 Å². The van der Waals surface area contributed by atoms with E-state index >= 15 is 0 Å². The minimum absolute atomic E-state index is 0.0251. The molecule has 24 heavy (non-hydrogen) atoms. The zero-order chi connectivity index (χ0) is 18.7. The van der Waals surface area contributed by atoms with Crippen LogP contribution in [0.5, 0.6) is 0 Å². The molecule has 0 radical (unpaired) electrons. The maximum atomic E-state index is 11.0. The summed E-state index contributed by atoms with van der Waals surface area (Å²) in [6.07, 6.45) is 9.98. The minimum atomic E-state index is -3.34. The summed E-state index contributed by atoms with van der Waals surface area (Å²) < 4.78 is 27.8. The Bertz CT molecular complexity index is 416. The summed E-state index contributed by atoms with van der Waals surface area (Å²) in [5, 5.41) is 5.07. The molecule has 0 fully saturated rings. The van der Waals surface area contributed by atoms with Crippen molar-refractivity contribution < 1.29 is 13.2 Å². The van der Waals surface area contributed by atoms with Crippen molar-refractivity contribution in [3.8, 4) is 0 Å². The molecule has 0 aromatic heterocycles. The smallest absolute Gasteiger partial charge is 0.209 e. The number of nitrogens with two attached hydrogens (primary N) is 1. The van der Waals surface area contributed by atoms with E-state index in [9.17, 15) is 8.42 Å². The first-order chi connectivity index (χ1) is 11.0. The highest BCUT2D eigenvalue weighted by atomic mass is 32.2. The number of primary sulfonamides is 1. The van der Waals surface area contributed by atoms with E-state index in [1.807, 2.05) is 0 Å². The quantitative estimate of drug-likeness (QED) is 0.422. The predicted octanol–water partition coefficient (Wildman–Crippen LogP) is 4.87. The topological polar surface area (TPSA) is 69.4 Å². The Morgan fingerprint density at radius 1 is 0.792 bits per heavy atom. The van der Waals surface area contributed by atoms with Crippen LogP contribution in [-0.4, -0.2) is 27.4 Å². The lowest BCUT2D eigenvalue weighted by molar-refractivity contribution is 0.120. The highest BCUT2D eigenvalue weighted by molar-refractivity contribution is 7.89. The predicted molar refractivity (Wildman–Crippen MR) is 104 cm³/mol. The summed E-state index contributed by atoms with van der Waals surface area (Å²) in [5.41, 5.74) is 0.495. The second-order valence-corrected chi connectivity index (χ2v) is 10.5. The van der Waals surface area contributed by atoms with Crippen molar-refractivity contribution in [1.29, 1.82) is 0 Å². The van der Waals surface area contributed by atoms with Crippen LogP contribution in [0.15, 0.2) is 0 Å². The van der Waals surface area contributed by atoms with Crippen molar-refractivity contribution in [1.82, 2.24) is 0 Å². The van der Waals surface area contributed by atoms with Crippen molar-refractivity contribution in [3.63, 3.8) is 0 Å². The lowest BCUT2D eigenvalue weighted by Crippen LogP contribution is -2.22. The molecule has 0 spiro atoms. The average molecular weight is 364 g/mol. The molecule has 0 aliphatic rings. The van der Waals surface area contributed by atoms with Gasteiger partial charge >= 0.3 is 0 Å². The first-order valence-corrected chi connectivity index (χ1v) is 11.3. The van der Waals surface area contributed by atoms with Crippen LogP contribution in [-0.2, 0) is 14.8 Å². The van der Waals surface area contributed by atoms with Gasteiger partial charge in [-0.15, -0.1) is 0 Å². The third kappa shape index (κ3) is 15.4. The second kappa shape index (κ2) is 11.5. The van der Waals surface area contributed by atoms with Crippen LogP contribution in [0.25, 0.3) is 0 Å². The van der Waals surface area contributed by atoms with Crippen LogP contribution >= 0.6 is 0 Å². The average Bonchev–Trinajstić information content (AvgIpc) is 2.42. The van der Waals surface area contributed by atoms with Gasteiger partial charge in [0.05, 0.1) is 5.75 Å². The normalized spacial score (nSPS) is 13.4. The summed E-state index contributed by atoms with van der Waals surface area (Å²) in [6.45, 7) is 12.8. The molecule has 0 aromatic carbocycles. The number of rotatable bonds is 15. The largest absolute Gasteiger partial charge is 0.381 e. The van der Waals surface area contributed by atoms with E-state index in [0.29, 0.717) is 11.8 Å². The third-order valence-corrected chi connectivity index (χ3v) is 5.55. The van der Waals surface area contributed by atoms with Crippen LogP contribution in [0.1, 0.15) is 92.4 Å². The molecular formula is C19H41NO3S. The molecule has 0 amide bonds. The molecule has 0 aromatic rings. The molecule has 0 rings (SSSR count). The van der Waals surface area contributed by atoms with E-state index < -0.39 is 10.0 Å². The molecule has 0 aliphatic carbocycles. The van der Waals surface area contributed by atoms with Gasteiger partial charge in [0.1, 0.15) is 0 Å². The van der Waals surface area contributed by atoms with E-state index in [4.69, 9.17) is 9.88 Å². The highest BCUT2D eigenvalue weighted by Crippen LogP contribution is 2.29. The summed E-state index contributed by atoms with van der Waals surface area (Å²) in [7, 11) is -3.34. The molecular weight excluding hydrogens is 322 g/mol. The van der Waals surface area contributed by atoms with E-state index in [0.717, 1.165) is 38.9 Å². The first-order valence-electron chi connectivity index (χ1n) is 9.56. The molecule has 0 unspecified atom stereocenters.